The number of nitrogen functional groups attached to an aromatic ring is 1. The highest BCUT2D eigenvalue weighted by molar-refractivity contribution is 5.74. The lowest BCUT2D eigenvalue weighted by Crippen LogP contribution is -2.42. The van der Waals surface area contributed by atoms with Gasteiger partial charge >= 0.3 is 6.03 Å². The Kier molecular flexibility index (Phi) is 3.52. The fourth-order valence-corrected chi connectivity index (χ4v) is 2.09. The summed E-state index contributed by atoms with van der Waals surface area (Å²) in [7, 11) is 0. The van der Waals surface area contributed by atoms with Gasteiger partial charge in [-0.2, -0.15) is 0 Å². The molecule has 0 unspecified atom stereocenters. The van der Waals surface area contributed by atoms with Crippen molar-refractivity contribution in [2.45, 2.75) is 26.3 Å². The second-order valence-electron chi connectivity index (χ2n) is 4.43. The van der Waals surface area contributed by atoms with Crippen molar-refractivity contribution in [3.63, 3.8) is 0 Å². The number of fused-ring (bicyclic) bond motifs is 1. The van der Waals surface area contributed by atoms with Gasteiger partial charge in [-0.3, -0.25) is 0 Å². The predicted octanol–water partition coefficient (Wildman–Crippen LogP) is 1.75. The van der Waals surface area contributed by atoms with Crippen LogP contribution in [-0.4, -0.2) is 24.0 Å². The zero-order valence-corrected chi connectivity index (χ0v) is 10.2. The van der Waals surface area contributed by atoms with Crippen LogP contribution in [0.25, 0.3) is 0 Å². The number of hydrogen-bond acceptors (Lipinski definition) is 2. The molecular weight excluding hydrogens is 214 g/mol. The number of nitrogens with zero attached hydrogens (tertiary/aromatic N) is 1. The van der Waals surface area contributed by atoms with E-state index in [1.807, 2.05) is 24.0 Å². The minimum atomic E-state index is 0.0277. The van der Waals surface area contributed by atoms with Gasteiger partial charge in [-0.05, 0) is 36.1 Å². The molecule has 2 rings (SSSR count). The van der Waals surface area contributed by atoms with Gasteiger partial charge < -0.3 is 16.0 Å². The SMILES string of the molecule is CCCNC(=O)N1CCc2ccc(N)cc2C1. The molecule has 0 saturated heterocycles. The van der Waals surface area contributed by atoms with Crippen LogP contribution in [0.2, 0.25) is 0 Å². The molecule has 0 bridgehead atoms. The molecule has 0 radical (unpaired) electrons. The van der Waals surface area contributed by atoms with Crippen molar-refractivity contribution in [1.29, 1.82) is 0 Å². The van der Waals surface area contributed by atoms with Crippen molar-refractivity contribution in [2.75, 3.05) is 18.8 Å². The van der Waals surface area contributed by atoms with Gasteiger partial charge in [-0.25, -0.2) is 4.79 Å². The van der Waals surface area contributed by atoms with E-state index in [0.29, 0.717) is 6.54 Å². The molecule has 1 aromatic carbocycles. The average Bonchev–Trinajstić information content (AvgIpc) is 2.35. The monoisotopic (exact) mass is 233 g/mol. The van der Waals surface area contributed by atoms with Crippen LogP contribution in [0.5, 0.6) is 0 Å². The number of carbonyl (C=O) groups is 1. The Morgan fingerprint density at radius 2 is 2.29 bits per heavy atom. The quantitative estimate of drug-likeness (QED) is 0.764. The van der Waals surface area contributed by atoms with Gasteiger partial charge in [0.05, 0.1) is 0 Å². The standard InChI is InChI=1S/C13H19N3O/c1-2-6-15-13(17)16-7-5-10-3-4-12(14)8-11(10)9-16/h3-4,8H,2,5-7,9,14H2,1H3,(H,15,17). The molecule has 92 valence electrons. The minimum Gasteiger partial charge on any atom is -0.399 e. The van der Waals surface area contributed by atoms with Crippen LogP contribution in [0.3, 0.4) is 0 Å². The first-order valence-electron chi connectivity index (χ1n) is 6.10. The highest BCUT2D eigenvalue weighted by Crippen LogP contribution is 2.21. The van der Waals surface area contributed by atoms with Gasteiger partial charge in [-0.15, -0.1) is 0 Å². The van der Waals surface area contributed by atoms with Crippen LogP contribution in [0.1, 0.15) is 24.5 Å². The third-order valence-electron chi connectivity index (χ3n) is 3.06. The van der Waals surface area contributed by atoms with Gasteiger partial charge in [0.1, 0.15) is 0 Å². The Labute approximate surface area is 102 Å². The molecule has 0 aliphatic carbocycles. The van der Waals surface area contributed by atoms with Gasteiger partial charge in [0.2, 0.25) is 0 Å². The predicted molar refractivity (Wildman–Crippen MR) is 68.7 cm³/mol. The Hall–Kier alpha value is -1.71. The number of amides is 2. The van der Waals surface area contributed by atoms with Crippen LogP contribution >= 0.6 is 0 Å². The van der Waals surface area contributed by atoms with Gasteiger partial charge in [0.15, 0.2) is 0 Å². The summed E-state index contributed by atoms with van der Waals surface area (Å²) in [6, 6.07) is 5.98. The molecule has 0 atom stereocenters. The van der Waals surface area contributed by atoms with E-state index < -0.39 is 0 Å². The van der Waals surface area contributed by atoms with Crippen molar-refractivity contribution < 1.29 is 4.79 Å². The van der Waals surface area contributed by atoms with E-state index in [2.05, 4.69) is 11.4 Å². The highest BCUT2D eigenvalue weighted by atomic mass is 16.2. The molecule has 17 heavy (non-hydrogen) atoms. The highest BCUT2D eigenvalue weighted by Gasteiger charge is 2.20. The van der Waals surface area contributed by atoms with E-state index in [0.717, 1.165) is 31.6 Å². The van der Waals surface area contributed by atoms with Crippen LogP contribution in [0, 0.1) is 0 Å². The number of carbonyl (C=O) groups excluding carboxylic acids is 1. The summed E-state index contributed by atoms with van der Waals surface area (Å²) in [5.41, 5.74) is 9.00. The van der Waals surface area contributed by atoms with Crippen LogP contribution in [0.15, 0.2) is 18.2 Å². The van der Waals surface area contributed by atoms with Crippen LogP contribution < -0.4 is 11.1 Å². The topological polar surface area (TPSA) is 58.4 Å². The summed E-state index contributed by atoms with van der Waals surface area (Å²) >= 11 is 0. The smallest absolute Gasteiger partial charge is 0.317 e. The zero-order valence-electron chi connectivity index (χ0n) is 10.2. The summed E-state index contributed by atoms with van der Waals surface area (Å²) in [6.07, 6.45) is 1.87. The third kappa shape index (κ3) is 2.70. The number of rotatable bonds is 2. The molecule has 1 aliphatic rings. The first-order chi connectivity index (χ1) is 8.20. The Morgan fingerprint density at radius 1 is 1.47 bits per heavy atom. The van der Waals surface area contributed by atoms with Gasteiger partial charge in [0, 0.05) is 25.3 Å². The maximum atomic E-state index is 11.8. The maximum absolute atomic E-state index is 11.8. The average molecular weight is 233 g/mol. The lowest BCUT2D eigenvalue weighted by Gasteiger charge is -2.29. The number of benzene rings is 1. The van der Waals surface area contributed by atoms with E-state index in [4.69, 9.17) is 5.73 Å². The molecule has 0 aromatic heterocycles. The van der Waals surface area contributed by atoms with E-state index >= 15 is 0 Å². The molecule has 1 aromatic rings. The first kappa shape index (κ1) is 11.8. The first-order valence-corrected chi connectivity index (χ1v) is 6.10. The van der Waals surface area contributed by atoms with Crippen molar-refractivity contribution >= 4 is 11.7 Å². The Bertz CT molecular complexity index is 417. The largest absolute Gasteiger partial charge is 0.399 e. The van der Waals surface area contributed by atoms with E-state index in [1.165, 1.54) is 11.1 Å². The summed E-state index contributed by atoms with van der Waals surface area (Å²) in [5.74, 6) is 0. The fraction of sp³-hybridized carbons (Fsp3) is 0.462. The van der Waals surface area contributed by atoms with E-state index in [9.17, 15) is 4.79 Å². The molecular formula is C13H19N3O. The van der Waals surface area contributed by atoms with Gasteiger partial charge in [-0.1, -0.05) is 13.0 Å². The molecule has 4 heteroatoms. The minimum absolute atomic E-state index is 0.0277. The normalized spacial score (nSPS) is 14.3. The molecule has 0 fully saturated rings. The molecule has 3 N–H and O–H groups in total. The second kappa shape index (κ2) is 5.08. The van der Waals surface area contributed by atoms with Crippen molar-refractivity contribution in [3.05, 3.63) is 29.3 Å². The van der Waals surface area contributed by atoms with E-state index in [-0.39, 0.29) is 6.03 Å². The molecule has 0 spiro atoms. The molecule has 2 amide bonds. The number of nitrogens with two attached hydrogens (primary N) is 1. The zero-order chi connectivity index (χ0) is 12.3. The van der Waals surface area contributed by atoms with Crippen molar-refractivity contribution in [3.8, 4) is 0 Å². The van der Waals surface area contributed by atoms with Gasteiger partial charge in [0.25, 0.3) is 0 Å². The second-order valence-corrected chi connectivity index (χ2v) is 4.43. The van der Waals surface area contributed by atoms with Crippen LogP contribution in [0.4, 0.5) is 10.5 Å². The lowest BCUT2D eigenvalue weighted by atomic mass is 9.99. The number of hydrogen-bond donors (Lipinski definition) is 2. The van der Waals surface area contributed by atoms with Crippen molar-refractivity contribution in [2.24, 2.45) is 0 Å². The fourth-order valence-electron chi connectivity index (χ4n) is 2.09. The van der Waals surface area contributed by atoms with E-state index in [1.54, 1.807) is 0 Å². The lowest BCUT2D eigenvalue weighted by molar-refractivity contribution is 0.192. The Morgan fingerprint density at radius 3 is 3.06 bits per heavy atom. The van der Waals surface area contributed by atoms with Crippen LogP contribution in [-0.2, 0) is 13.0 Å². The summed E-state index contributed by atoms with van der Waals surface area (Å²) in [4.78, 5) is 13.7. The Balaban J connectivity index is 2.04. The third-order valence-corrected chi connectivity index (χ3v) is 3.06. The molecule has 0 saturated carbocycles. The summed E-state index contributed by atoms with van der Waals surface area (Å²) < 4.78 is 0. The molecule has 1 heterocycles. The van der Waals surface area contributed by atoms with Crippen molar-refractivity contribution in [1.82, 2.24) is 10.2 Å². The number of anilines is 1. The summed E-state index contributed by atoms with van der Waals surface area (Å²) in [5, 5.41) is 2.90. The molecule has 4 nitrogen and oxygen atoms in total. The number of nitrogens with one attached hydrogen (secondary N) is 1. The molecule has 1 aliphatic heterocycles. The summed E-state index contributed by atoms with van der Waals surface area (Å²) in [6.45, 7) is 4.23. The maximum Gasteiger partial charge on any atom is 0.317 e. The number of urea groups is 1.